The maximum absolute atomic E-state index is 13.7. The van der Waals surface area contributed by atoms with E-state index in [1.807, 2.05) is 0 Å². The Labute approximate surface area is 174 Å². The zero-order chi connectivity index (χ0) is 25.7. The maximum Gasteiger partial charge on any atom is 0.460 e. The quantitative estimate of drug-likeness (QED) is 0.250. The summed E-state index contributed by atoms with van der Waals surface area (Å²) >= 11 is 2.44. The summed E-state index contributed by atoms with van der Waals surface area (Å²) in [7, 11) is 0. The number of anilines is 1. The molecule has 1 aromatic carbocycles. The Morgan fingerprint density at radius 2 is 1.25 bits per heavy atom. The van der Waals surface area contributed by atoms with Gasteiger partial charge < -0.3 is 5.32 Å². The number of rotatable bonds is 7. The van der Waals surface area contributed by atoms with Crippen LogP contribution in [0.3, 0.4) is 0 Å². The van der Waals surface area contributed by atoms with E-state index in [2.05, 4.69) is 15.9 Å². The average Bonchev–Trinajstić information content (AvgIpc) is 2.61. The van der Waals surface area contributed by atoms with E-state index in [0.717, 1.165) is 5.32 Å². The molecule has 1 aromatic rings. The molecule has 0 saturated heterocycles. The molecular weight excluding hydrogens is 559 g/mol. The molecule has 0 spiro atoms. The van der Waals surface area contributed by atoms with Crippen LogP contribution in [0.1, 0.15) is 0 Å². The first-order valence-electron chi connectivity index (χ1n) is 7.18. The number of carbonyl (C=O) groups excluding carboxylic acids is 1. The van der Waals surface area contributed by atoms with Crippen molar-refractivity contribution in [1.29, 1.82) is 0 Å². The molecule has 0 saturated carbocycles. The zero-order valence-corrected chi connectivity index (χ0v) is 15.8. The monoisotopic (exact) mass is 562 g/mol. The van der Waals surface area contributed by atoms with Crippen LogP contribution in [0, 0.1) is 10.1 Å². The van der Waals surface area contributed by atoms with Crippen molar-refractivity contribution in [2.75, 3.05) is 5.32 Å². The predicted molar refractivity (Wildman–Crippen MR) is 80.2 cm³/mol. The second-order valence-corrected chi connectivity index (χ2v) is 6.60. The number of nitrogens with zero attached hydrogens (tertiary/aromatic N) is 1. The molecule has 0 heterocycles. The van der Waals surface area contributed by atoms with Crippen molar-refractivity contribution in [2.24, 2.45) is 0 Å². The third-order valence-corrected chi connectivity index (χ3v) is 4.29. The fourth-order valence-electron chi connectivity index (χ4n) is 1.83. The summed E-state index contributed by atoms with van der Waals surface area (Å²) in [4.78, 5) is 20.8. The molecule has 1 amide bonds. The van der Waals surface area contributed by atoms with Crippen LogP contribution in [0.25, 0.3) is 0 Å². The van der Waals surface area contributed by atoms with E-state index in [-0.39, 0.29) is 0 Å². The Balaban J connectivity index is 3.42. The highest BCUT2D eigenvalue weighted by Gasteiger charge is 2.91. The van der Waals surface area contributed by atoms with Crippen molar-refractivity contribution >= 4 is 33.2 Å². The number of nitro groups is 1. The van der Waals surface area contributed by atoms with E-state index in [0.29, 0.717) is 18.2 Å². The van der Waals surface area contributed by atoms with Crippen LogP contribution in [0.2, 0.25) is 0 Å². The number of alkyl halides is 13. The van der Waals surface area contributed by atoms with Crippen LogP contribution in [0.15, 0.2) is 22.7 Å². The van der Waals surface area contributed by atoms with Gasteiger partial charge in [-0.2, -0.15) is 57.1 Å². The summed E-state index contributed by atoms with van der Waals surface area (Å²) in [6.45, 7) is 0. The fraction of sp³-hybridized carbons (Fsp3) is 0.462. The summed E-state index contributed by atoms with van der Waals surface area (Å²) < 4.78 is 168. The largest absolute Gasteiger partial charge is 0.460 e. The van der Waals surface area contributed by atoms with Crippen molar-refractivity contribution < 1.29 is 66.8 Å². The molecule has 1 rings (SSSR count). The first-order chi connectivity index (χ1) is 14.0. The number of halogens is 14. The number of benzene rings is 1. The van der Waals surface area contributed by atoms with E-state index in [4.69, 9.17) is 0 Å². The molecule has 0 fully saturated rings. The molecular formula is C13H4BrF13N2O3. The van der Waals surface area contributed by atoms with Crippen molar-refractivity contribution in [3.8, 4) is 0 Å². The summed E-state index contributed by atoms with van der Waals surface area (Å²) in [6, 6.07) is 1.35. The third kappa shape index (κ3) is 4.05. The van der Waals surface area contributed by atoms with E-state index in [1.165, 1.54) is 0 Å². The van der Waals surface area contributed by atoms with Gasteiger partial charge in [-0.15, -0.1) is 0 Å². The van der Waals surface area contributed by atoms with Crippen molar-refractivity contribution in [2.45, 2.75) is 35.8 Å². The van der Waals surface area contributed by atoms with Crippen LogP contribution in [-0.4, -0.2) is 46.6 Å². The first kappa shape index (κ1) is 27.7. The van der Waals surface area contributed by atoms with Gasteiger partial charge in [0.2, 0.25) is 0 Å². The number of hydrogen-bond donors (Lipinski definition) is 1. The lowest BCUT2D eigenvalue weighted by molar-refractivity contribution is -0.435. The molecule has 19 heteroatoms. The molecule has 0 atom stereocenters. The van der Waals surface area contributed by atoms with E-state index in [9.17, 15) is 72.0 Å². The lowest BCUT2D eigenvalue weighted by Gasteiger charge is -2.39. The lowest BCUT2D eigenvalue weighted by atomic mass is 9.93. The van der Waals surface area contributed by atoms with Gasteiger partial charge >= 0.3 is 41.7 Å². The van der Waals surface area contributed by atoms with Crippen LogP contribution < -0.4 is 5.32 Å². The lowest BCUT2D eigenvalue weighted by Crippen LogP contribution is -2.71. The van der Waals surface area contributed by atoms with Crippen molar-refractivity contribution in [3.63, 3.8) is 0 Å². The summed E-state index contributed by atoms with van der Waals surface area (Å²) in [5.74, 6) is -42.5. The highest BCUT2D eigenvalue weighted by atomic mass is 79.9. The Morgan fingerprint density at radius 1 is 0.812 bits per heavy atom. The molecule has 0 unspecified atom stereocenters. The van der Waals surface area contributed by atoms with Gasteiger partial charge in [-0.1, -0.05) is 0 Å². The minimum atomic E-state index is -8.14. The molecule has 0 aliphatic carbocycles. The Bertz CT molecular complexity index is 917. The molecule has 0 aliphatic rings. The minimum absolute atomic E-state index is 0.388. The topological polar surface area (TPSA) is 72.2 Å². The second kappa shape index (κ2) is 7.91. The van der Waals surface area contributed by atoms with E-state index in [1.54, 1.807) is 0 Å². The molecule has 0 radical (unpaired) electrons. The highest BCUT2D eigenvalue weighted by Crippen LogP contribution is 2.60. The van der Waals surface area contributed by atoms with Gasteiger partial charge in [0.15, 0.2) is 0 Å². The van der Waals surface area contributed by atoms with E-state index >= 15 is 0 Å². The number of amides is 1. The number of nitrogens with one attached hydrogen (secondary N) is 1. The van der Waals surface area contributed by atoms with Crippen LogP contribution in [0.5, 0.6) is 0 Å². The normalized spacial score (nSPS) is 14.3. The van der Waals surface area contributed by atoms with Gasteiger partial charge in [0.05, 0.1) is 10.6 Å². The smallest absolute Gasteiger partial charge is 0.320 e. The van der Waals surface area contributed by atoms with Crippen LogP contribution in [0.4, 0.5) is 68.5 Å². The van der Waals surface area contributed by atoms with Gasteiger partial charge in [0.25, 0.3) is 5.69 Å². The zero-order valence-electron chi connectivity index (χ0n) is 14.2. The summed E-state index contributed by atoms with van der Waals surface area (Å²) in [5.41, 5.74) is -1.82. The maximum atomic E-state index is 13.7. The van der Waals surface area contributed by atoms with Crippen molar-refractivity contribution in [3.05, 3.63) is 32.8 Å². The second-order valence-electron chi connectivity index (χ2n) is 5.75. The first-order valence-corrected chi connectivity index (χ1v) is 7.97. The number of hydrogen-bond acceptors (Lipinski definition) is 3. The fourth-order valence-corrected chi connectivity index (χ4v) is 2.30. The SMILES string of the molecule is O=C(Nc1ccc([N+](=O)[O-])cc1Br)C(F)(F)C(F)(F)C(F)(F)C(F)(F)C(F)(F)C(F)(F)F. The standard InChI is InChI=1S/C13H4BrF13N2O3/c14-5-3-4(29(31)32)1-2-6(5)28-7(30)8(15,16)9(17,18)10(19,20)11(21,22)12(23,24)13(25,26)27/h1-3H,(H,28,30). The predicted octanol–water partition coefficient (Wildman–Crippen LogP) is 6.03. The van der Waals surface area contributed by atoms with Gasteiger partial charge in [-0.05, 0) is 22.0 Å². The molecule has 5 nitrogen and oxygen atoms in total. The van der Waals surface area contributed by atoms with Gasteiger partial charge in [-0.25, -0.2) is 0 Å². The Hall–Kier alpha value is -2.34. The number of carbonyl (C=O) groups is 1. The Kier molecular flexibility index (Phi) is 6.84. The average molecular weight is 563 g/mol. The number of nitro benzene ring substituents is 1. The van der Waals surface area contributed by atoms with Crippen LogP contribution >= 0.6 is 15.9 Å². The summed E-state index contributed by atoms with van der Waals surface area (Å²) in [5, 5.41) is 11.3. The molecule has 1 N–H and O–H groups in total. The molecule has 182 valence electrons. The number of non-ortho nitro benzene ring substituents is 1. The molecule has 0 bridgehead atoms. The third-order valence-electron chi connectivity index (χ3n) is 3.63. The Morgan fingerprint density at radius 3 is 1.62 bits per heavy atom. The van der Waals surface area contributed by atoms with Gasteiger partial charge in [0.1, 0.15) is 0 Å². The van der Waals surface area contributed by atoms with Gasteiger partial charge in [-0.3, -0.25) is 14.9 Å². The van der Waals surface area contributed by atoms with E-state index < -0.39 is 62.5 Å². The van der Waals surface area contributed by atoms with Crippen LogP contribution in [-0.2, 0) is 4.79 Å². The van der Waals surface area contributed by atoms with Crippen molar-refractivity contribution in [1.82, 2.24) is 0 Å². The minimum Gasteiger partial charge on any atom is -0.320 e. The molecule has 0 aliphatic heterocycles. The summed E-state index contributed by atoms with van der Waals surface area (Å²) in [6.07, 6.45) is -7.57. The molecule has 0 aromatic heterocycles. The molecule has 32 heavy (non-hydrogen) atoms. The van der Waals surface area contributed by atoms with Gasteiger partial charge in [0, 0.05) is 16.6 Å². The highest BCUT2D eigenvalue weighted by molar-refractivity contribution is 9.10.